The van der Waals surface area contributed by atoms with Gasteiger partial charge >= 0.3 is 0 Å². The number of benzene rings is 2. The molecular formula is C25H19F2N5O2S. The van der Waals surface area contributed by atoms with E-state index in [0.717, 1.165) is 6.07 Å². The molecule has 2 amide bonds. The molecule has 10 heteroatoms. The maximum Gasteiger partial charge on any atom is 0.270 e. The highest BCUT2D eigenvalue weighted by atomic mass is 32.1. The van der Waals surface area contributed by atoms with Crippen molar-refractivity contribution in [1.29, 1.82) is 0 Å². The van der Waals surface area contributed by atoms with E-state index in [9.17, 15) is 18.4 Å². The topological polar surface area (TPSA) is 69.9 Å². The second kappa shape index (κ2) is 9.19. The van der Waals surface area contributed by atoms with Gasteiger partial charge in [0, 0.05) is 24.0 Å². The third-order valence-corrected chi connectivity index (χ3v) is 5.97. The number of nitrogens with one attached hydrogen (secondary N) is 1. The van der Waals surface area contributed by atoms with Crippen molar-refractivity contribution in [2.75, 3.05) is 9.80 Å². The second-order valence-corrected chi connectivity index (χ2v) is 8.60. The van der Waals surface area contributed by atoms with Crippen LogP contribution in [0.3, 0.4) is 0 Å². The first-order chi connectivity index (χ1) is 16.6. The summed E-state index contributed by atoms with van der Waals surface area (Å²) in [5.41, 5.74) is -0.404. The van der Waals surface area contributed by atoms with Crippen molar-refractivity contribution >= 4 is 46.2 Å². The van der Waals surface area contributed by atoms with Gasteiger partial charge in [-0.3, -0.25) is 19.5 Å². The second-order valence-electron chi connectivity index (χ2n) is 8.24. The summed E-state index contributed by atoms with van der Waals surface area (Å²) in [7, 11) is 0. The van der Waals surface area contributed by atoms with Crippen molar-refractivity contribution in [3.05, 3.63) is 95.1 Å². The molecule has 0 radical (unpaired) electrons. The Morgan fingerprint density at radius 2 is 1.83 bits per heavy atom. The van der Waals surface area contributed by atoms with E-state index in [1.807, 2.05) is 0 Å². The first kappa shape index (κ1) is 23.9. The van der Waals surface area contributed by atoms with Gasteiger partial charge < -0.3 is 10.2 Å². The number of halogens is 2. The average Bonchev–Trinajstić information content (AvgIpc) is 3.01. The van der Waals surface area contributed by atoms with Crippen LogP contribution in [0.25, 0.3) is 4.85 Å². The molecule has 0 spiro atoms. The van der Waals surface area contributed by atoms with E-state index >= 15 is 0 Å². The third-order valence-electron chi connectivity index (χ3n) is 5.61. The fraction of sp³-hybridized carbons (Fsp3) is 0.160. The fourth-order valence-electron chi connectivity index (χ4n) is 3.76. The van der Waals surface area contributed by atoms with Crippen LogP contribution in [-0.2, 0) is 11.3 Å². The molecule has 1 aliphatic heterocycles. The first-order valence-electron chi connectivity index (χ1n) is 10.5. The molecule has 1 fully saturated rings. The van der Waals surface area contributed by atoms with Gasteiger partial charge in [-0.15, -0.1) is 0 Å². The number of rotatable bonds is 5. The first-order valence-corrected chi connectivity index (χ1v) is 10.9. The Morgan fingerprint density at radius 3 is 2.46 bits per heavy atom. The summed E-state index contributed by atoms with van der Waals surface area (Å²) >= 11 is 5.53. The summed E-state index contributed by atoms with van der Waals surface area (Å²) in [6.45, 7) is 10.2. The molecule has 0 saturated carbocycles. The van der Waals surface area contributed by atoms with E-state index in [4.69, 9.17) is 18.8 Å². The lowest BCUT2D eigenvalue weighted by Gasteiger charge is -2.29. The quantitative estimate of drug-likeness (QED) is 0.412. The van der Waals surface area contributed by atoms with Gasteiger partial charge in [0.05, 0.1) is 12.3 Å². The molecule has 1 aromatic heterocycles. The monoisotopic (exact) mass is 491 g/mol. The van der Waals surface area contributed by atoms with Crippen LogP contribution in [0.1, 0.15) is 29.9 Å². The fourth-order valence-corrected chi connectivity index (χ4v) is 4.29. The van der Waals surface area contributed by atoms with Crippen molar-refractivity contribution in [3.8, 4) is 0 Å². The standard InChI is InChI=1S/C25H19F2N5O2S/c1-25(2)23(34)31(16-9-10-20(28-3)19(27)12-16)24(35)32(25)17-8-7-15(18(26)13-17)14-30-22(33)21-6-4-5-11-29-21/h4-13H,14H2,1-2H3,(H,30,33). The molecule has 0 aliphatic carbocycles. The molecular weight excluding hydrogens is 472 g/mol. The maximum absolute atomic E-state index is 15.0. The lowest BCUT2D eigenvalue weighted by Crippen LogP contribution is -2.44. The zero-order valence-electron chi connectivity index (χ0n) is 18.8. The van der Waals surface area contributed by atoms with Crippen LogP contribution >= 0.6 is 12.2 Å². The van der Waals surface area contributed by atoms with Crippen LogP contribution in [0, 0.1) is 18.2 Å². The van der Waals surface area contributed by atoms with Gasteiger partial charge in [0.1, 0.15) is 22.9 Å². The number of hydrogen-bond acceptors (Lipinski definition) is 4. The number of hydrogen-bond donors (Lipinski definition) is 1. The van der Waals surface area contributed by atoms with E-state index in [1.54, 1.807) is 38.1 Å². The molecule has 7 nitrogen and oxygen atoms in total. The Bertz CT molecular complexity index is 1390. The number of carbonyl (C=O) groups excluding carboxylic acids is 2. The molecule has 176 valence electrons. The molecule has 0 unspecified atom stereocenters. The molecule has 1 saturated heterocycles. The predicted octanol–water partition coefficient (Wildman–Crippen LogP) is 4.76. The van der Waals surface area contributed by atoms with Crippen molar-refractivity contribution in [2.24, 2.45) is 0 Å². The molecule has 2 aromatic carbocycles. The number of nitrogens with zero attached hydrogens (tertiary/aromatic N) is 4. The van der Waals surface area contributed by atoms with Crippen molar-refractivity contribution in [3.63, 3.8) is 0 Å². The van der Waals surface area contributed by atoms with E-state index in [1.165, 1.54) is 40.3 Å². The van der Waals surface area contributed by atoms with Gasteiger partial charge in [0.25, 0.3) is 11.8 Å². The van der Waals surface area contributed by atoms with E-state index in [0.29, 0.717) is 5.69 Å². The molecule has 2 heterocycles. The molecule has 4 rings (SSSR count). The molecule has 3 aromatic rings. The van der Waals surface area contributed by atoms with E-state index < -0.39 is 29.0 Å². The minimum absolute atomic E-state index is 0.0468. The van der Waals surface area contributed by atoms with Crippen LogP contribution in [-0.4, -0.2) is 27.4 Å². The van der Waals surface area contributed by atoms with Gasteiger partial charge in [0.2, 0.25) is 5.69 Å². The van der Waals surface area contributed by atoms with Crippen LogP contribution in [0.5, 0.6) is 0 Å². The molecule has 0 atom stereocenters. The molecule has 1 aliphatic rings. The zero-order valence-corrected chi connectivity index (χ0v) is 19.6. The summed E-state index contributed by atoms with van der Waals surface area (Å²) in [5, 5.41) is 2.67. The van der Waals surface area contributed by atoms with Crippen LogP contribution in [0.15, 0.2) is 60.8 Å². The number of anilines is 2. The highest BCUT2D eigenvalue weighted by molar-refractivity contribution is 7.81. The zero-order chi connectivity index (χ0) is 25.3. The summed E-state index contributed by atoms with van der Waals surface area (Å²) in [6.07, 6.45) is 1.49. The minimum Gasteiger partial charge on any atom is -0.347 e. The minimum atomic E-state index is -1.19. The van der Waals surface area contributed by atoms with Crippen LogP contribution < -0.4 is 15.1 Å². The van der Waals surface area contributed by atoms with Gasteiger partial charge in [-0.1, -0.05) is 18.2 Å². The van der Waals surface area contributed by atoms with Gasteiger partial charge in [-0.05, 0) is 62.5 Å². The Labute approximate surface area is 205 Å². The summed E-state index contributed by atoms with van der Waals surface area (Å²) < 4.78 is 29.2. The highest BCUT2D eigenvalue weighted by Crippen LogP contribution is 2.37. The molecule has 0 bridgehead atoms. The largest absolute Gasteiger partial charge is 0.347 e. The van der Waals surface area contributed by atoms with Crippen LogP contribution in [0.4, 0.5) is 25.8 Å². The van der Waals surface area contributed by atoms with E-state index in [-0.39, 0.29) is 34.3 Å². The summed E-state index contributed by atoms with van der Waals surface area (Å²) in [5.74, 6) is -2.23. The predicted molar refractivity (Wildman–Crippen MR) is 131 cm³/mol. The lowest BCUT2D eigenvalue weighted by atomic mass is 10.0. The van der Waals surface area contributed by atoms with Gasteiger partial charge in [0.15, 0.2) is 5.11 Å². The Morgan fingerprint density at radius 1 is 1.11 bits per heavy atom. The molecule has 35 heavy (non-hydrogen) atoms. The smallest absolute Gasteiger partial charge is 0.270 e. The number of amides is 2. The van der Waals surface area contributed by atoms with E-state index in [2.05, 4.69) is 15.1 Å². The number of pyridine rings is 1. The maximum atomic E-state index is 15.0. The SMILES string of the molecule is [C-]#[N+]c1ccc(N2C(=O)C(C)(C)N(c3ccc(CNC(=O)c4ccccn4)c(F)c3)C2=S)cc1F. The number of thiocarbonyl (C=S) groups is 1. The Balaban J connectivity index is 1.58. The van der Waals surface area contributed by atoms with Crippen molar-refractivity contribution in [1.82, 2.24) is 10.3 Å². The van der Waals surface area contributed by atoms with Crippen molar-refractivity contribution in [2.45, 2.75) is 25.9 Å². The average molecular weight is 492 g/mol. The normalized spacial score (nSPS) is 14.7. The Kier molecular flexibility index (Phi) is 6.28. The van der Waals surface area contributed by atoms with Crippen molar-refractivity contribution < 1.29 is 18.4 Å². The lowest BCUT2D eigenvalue weighted by molar-refractivity contribution is -0.120. The Hall–Kier alpha value is -4.23. The third kappa shape index (κ3) is 4.34. The van der Waals surface area contributed by atoms with Crippen LogP contribution in [0.2, 0.25) is 0 Å². The number of carbonyl (C=O) groups is 2. The highest BCUT2D eigenvalue weighted by Gasteiger charge is 2.50. The molecule has 1 N–H and O–H groups in total. The summed E-state index contributed by atoms with van der Waals surface area (Å²) in [4.78, 5) is 35.1. The summed E-state index contributed by atoms with van der Waals surface area (Å²) in [6, 6.07) is 13.0. The van der Waals surface area contributed by atoms with Gasteiger partial charge in [-0.2, -0.15) is 0 Å². The number of aromatic nitrogens is 1. The van der Waals surface area contributed by atoms with Gasteiger partial charge in [-0.25, -0.2) is 13.6 Å².